The molecule has 31 heavy (non-hydrogen) atoms. The highest BCUT2D eigenvalue weighted by Gasteiger charge is 2.24. The second kappa shape index (κ2) is 9.54. The Balaban J connectivity index is 1.80. The Hall–Kier alpha value is -2.83. The fourth-order valence-electron chi connectivity index (χ4n) is 3.26. The molecule has 162 valence electrons. The van der Waals surface area contributed by atoms with Crippen LogP contribution in [-0.2, 0) is 4.79 Å². The number of carbonyl (C=O) groups excluding carboxylic acids is 2. The van der Waals surface area contributed by atoms with E-state index in [-0.39, 0.29) is 18.4 Å². The molecule has 0 spiro atoms. The average Bonchev–Trinajstić information content (AvgIpc) is 3.16. The minimum absolute atomic E-state index is 0.0481. The van der Waals surface area contributed by atoms with E-state index in [0.717, 1.165) is 16.9 Å². The molecule has 0 bridgehead atoms. The lowest BCUT2D eigenvalue weighted by molar-refractivity contribution is -0.116. The Morgan fingerprint density at radius 2 is 1.71 bits per heavy atom. The summed E-state index contributed by atoms with van der Waals surface area (Å²) in [6.07, 6.45) is 1.55. The van der Waals surface area contributed by atoms with Gasteiger partial charge in [0.2, 0.25) is 5.91 Å². The summed E-state index contributed by atoms with van der Waals surface area (Å²) in [5.74, 6) is -0.641. The zero-order chi connectivity index (χ0) is 22.7. The van der Waals surface area contributed by atoms with Gasteiger partial charge in [-0.25, -0.2) is 4.68 Å². The Labute approximate surface area is 191 Å². The first kappa shape index (κ1) is 22.8. The maximum absolute atomic E-state index is 13.1. The fourth-order valence-corrected chi connectivity index (χ4v) is 3.75. The van der Waals surface area contributed by atoms with Crippen molar-refractivity contribution < 1.29 is 9.59 Å². The molecule has 0 atom stereocenters. The first-order chi connectivity index (χ1) is 14.7. The number of anilines is 1. The third kappa shape index (κ3) is 5.09. The van der Waals surface area contributed by atoms with Crippen LogP contribution in [0.5, 0.6) is 0 Å². The third-order valence-corrected chi connectivity index (χ3v) is 5.45. The van der Waals surface area contributed by atoms with Gasteiger partial charge < -0.3 is 10.2 Å². The molecule has 1 N–H and O–H groups in total. The minimum Gasteiger partial charge on any atom is -0.332 e. The minimum atomic E-state index is -0.400. The van der Waals surface area contributed by atoms with Crippen LogP contribution in [0.15, 0.2) is 48.7 Å². The molecule has 0 saturated carbocycles. The van der Waals surface area contributed by atoms with Crippen LogP contribution in [0.2, 0.25) is 10.0 Å². The number of rotatable bonds is 6. The molecule has 0 saturated heterocycles. The van der Waals surface area contributed by atoms with Crippen LogP contribution in [0.1, 0.15) is 41.4 Å². The maximum Gasteiger partial charge on any atom is 0.257 e. The zero-order valence-corrected chi connectivity index (χ0v) is 19.3. The average molecular weight is 459 g/mol. The van der Waals surface area contributed by atoms with Crippen molar-refractivity contribution in [2.45, 2.75) is 26.7 Å². The van der Waals surface area contributed by atoms with Gasteiger partial charge in [0.25, 0.3) is 5.91 Å². The molecule has 0 aliphatic rings. The SMILES string of the molecule is Cc1ccc(-n2ncc(C(=O)N(C)CC(=O)Nc3c(Cl)cccc3Cl)c2C(C)C)cc1. The standard InChI is InChI=1S/C23H24Cl2N4O2/c1-14(2)22-17(12-26-29(22)16-10-8-15(3)9-11-16)23(31)28(4)13-20(30)27-21-18(24)6-5-7-19(21)25/h5-12,14H,13H2,1-4H3,(H,27,30). The summed E-state index contributed by atoms with van der Waals surface area (Å²) in [4.78, 5) is 27.0. The van der Waals surface area contributed by atoms with Gasteiger partial charge >= 0.3 is 0 Å². The normalized spacial score (nSPS) is 10.9. The van der Waals surface area contributed by atoms with E-state index in [1.54, 1.807) is 36.1 Å². The number of nitrogens with one attached hydrogen (secondary N) is 1. The van der Waals surface area contributed by atoms with Gasteiger partial charge in [0.15, 0.2) is 0 Å². The lowest BCUT2D eigenvalue weighted by Crippen LogP contribution is -2.35. The number of carbonyl (C=O) groups is 2. The summed E-state index contributed by atoms with van der Waals surface area (Å²) >= 11 is 12.2. The fraction of sp³-hybridized carbons (Fsp3) is 0.261. The molecule has 3 aromatic rings. The molecule has 6 nitrogen and oxygen atoms in total. The topological polar surface area (TPSA) is 67.2 Å². The lowest BCUT2D eigenvalue weighted by Gasteiger charge is -2.19. The molecule has 0 unspecified atom stereocenters. The number of amides is 2. The molecular weight excluding hydrogens is 435 g/mol. The Bertz CT molecular complexity index is 1090. The number of para-hydroxylation sites is 1. The van der Waals surface area contributed by atoms with E-state index in [4.69, 9.17) is 23.2 Å². The van der Waals surface area contributed by atoms with Crippen LogP contribution >= 0.6 is 23.2 Å². The van der Waals surface area contributed by atoms with Crippen LogP contribution < -0.4 is 5.32 Å². The molecule has 2 amide bonds. The van der Waals surface area contributed by atoms with Crippen molar-refractivity contribution in [2.75, 3.05) is 18.9 Å². The highest BCUT2D eigenvalue weighted by molar-refractivity contribution is 6.39. The van der Waals surface area contributed by atoms with E-state index in [1.807, 2.05) is 45.0 Å². The van der Waals surface area contributed by atoms with Crippen molar-refractivity contribution in [2.24, 2.45) is 0 Å². The van der Waals surface area contributed by atoms with Crippen molar-refractivity contribution in [3.63, 3.8) is 0 Å². The van der Waals surface area contributed by atoms with Gasteiger partial charge in [0.1, 0.15) is 0 Å². The number of halogens is 2. The number of aromatic nitrogens is 2. The first-order valence-electron chi connectivity index (χ1n) is 9.83. The number of nitrogens with zero attached hydrogens (tertiary/aromatic N) is 3. The number of benzene rings is 2. The second-order valence-corrected chi connectivity index (χ2v) is 8.47. The molecule has 0 radical (unpaired) electrons. The van der Waals surface area contributed by atoms with E-state index in [2.05, 4.69) is 10.4 Å². The summed E-state index contributed by atoms with van der Waals surface area (Å²) < 4.78 is 1.77. The highest BCUT2D eigenvalue weighted by Crippen LogP contribution is 2.30. The predicted molar refractivity (Wildman–Crippen MR) is 124 cm³/mol. The van der Waals surface area contributed by atoms with Gasteiger partial charge in [-0.2, -0.15) is 5.10 Å². The van der Waals surface area contributed by atoms with E-state index in [1.165, 1.54) is 4.90 Å². The first-order valence-corrected chi connectivity index (χ1v) is 10.6. The van der Waals surface area contributed by atoms with Gasteiger partial charge in [-0.3, -0.25) is 9.59 Å². The summed E-state index contributed by atoms with van der Waals surface area (Å²) in [5, 5.41) is 7.78. The lowest BCUT2D eigenvalue weighted by atomic mass is 10.0. The molecule has 1 heterocycles. The molecule has 3 rings (SSSR count). The molecular formula is C23H24Cl2N4O2. The summed E-state index contributed by atoms with van der Waals surface area (Å²) in [7, 11) is 1.57. The predicted octanol–water partition coefficient (Wildman–Crippen LogP) is 5.32. The Morgan fingerprint density at radius 1 is 1.10 bits per heavy atom. The smallest absolute Gasteiger partial charge is 0.257 e. The maximum atomic E-state index is 13.1. The van der Waals surface area contributed by atoms with Crippen molar-refractivity contribution in [1.29, 1.82) is 0 Å². The Morgan fingerprint density at radius 3 is 2.29 bits per heavy atom. The van der Waals surface area contributed by atoms with E-state index in [9.17, 15) is 9.59 Å². The summed E-state index contributed by atoms with van der Waals surface area (Å²) in [6.45, 7) is 5.86. The Kier molecular flexibility index (Phi) is 7.03. The number of hydrogen-bond acceptors (Lipinski definition) is 3. The van der Waals surface area contributed by atoms with Crippen LogP contribution in [0, 0.1) is 6.92 Å². The molecule has 0 aliphatic carbocycles. The van der Waals surface area contributed by atoms with Gasteiger partial charge in [0.05, 0.1) is 45.4 Å². The van der Waals surface area contributed by atoms with E-state index in [0.29, 0.717) is 21.3 Å². The van der Waals surface area contributed by atoms with Crippen molar-refractivity contribution in [1.82, 2.24) is 14.7 Å². The number of likely N-dealkylation sites (N-methyl/N-ethyl adjacent to an activating group) is 1. The number of aryl methyl sites for hydroxylation is 1. The molecule has 0 fully saturated rings. The van der Waals surface area contributed by atoms with Crippen LogP contribution in [0.25, 0.3) is 5.69 Å². The third-order valence-electron chi connectivity index (χ3n) is 4.82. The van der Waals surface area contributed by atoms with Gasteiger partial charge in [-0.15, -0.1) is 0 Å². The number of hydrogen-bond donors (Lipinski definition) is 1. The quantitative estimate of drug-likeness (QED) is 0.543. The molecule has 8 heteroatoms. The van der Waals surface area contributed by atoms with E-state index < -0.39 is 5.91 Å². The van der Waals surface area contributed by atoms with Crippen LogP contribution in [0.3, 0.4) is 0 Å². The van der Waals surface area contributed by atoms with Crippen molar-refractivity contribution in [3.05, 3.63) is 75.5 Å². The zero-order valence-electron chi connectivity index (χ0n) is 17.8. The largest absolute Gasteiger partial charge is 0.332 e. The molecule has 2 aromatic carbocycles. The van der Waals surface area contributed by atoms with Crippen molar-refractivity contribution in [3.8, 4) is 5.69 Å². The molecule has 0 aliphatic heterocycles. The van der Waals surface area contributed by atoms with E-state index >= 15 is 0 Å². The second-order valence-electron chi connectivity index (χ2n) is 7.65. The summed E-state index contributed by atoms with van der Waals surface area (Å²) in [6, 6.07) is 12.9. The summed E-state index contributed by atoms with van der Waals surface area (Å²) in [5.41, 5.74) is 3.59. The molecule has 1 aromatic heterocycles. The monoisotopic (exact) mass is 458 g/mol. The van der Waals surface area contributed by atoms with Crippen LogP contribution in [-0.4, -0.2) is 40.1 Å². The van der Waals surface area contributed by atoms with Crippen molar-refractivity contribution >= 4 is 40.7 Å². The van der Waals surface area contributed by atoms with Gasteiger partial charge in [0, 0.05) is 7.05 Å². The van der Waals surface area contributed by atoms with Gasteiger partial charge in [-0.05, 0) is 37.1 Å². The van der Waals surface area contributed by atoms with Crippen LogP contribution in [0.4, 0.5) is 5.69 Å². The van der Waals surface area contributed by atoms with Gasteiger partial charge in [-0.1, -0.05) is 60.8 Å². The highest BCUT2D eigenvalue weighted by atomic mass is 35.5.